The van der Waals surface area contributed by atoms with E-state index >= 15 is 0 Å². The molecular weight excluding hydrogens is 242 g/mol. The van der Waals surface area contributed by atoms with E-state index in [1.54, 1.807) is 12.4 Å². The fourth-order valence-electron chi connectivity index (χ4n) is 2.40. The second-order valence-electron chi connectivity index (χ2n) is 4.73. The zero-order valence-electron chi connectivity index (χ0n) is 11.0. The minimum atomic E-state index is 0.307. The van der Waals surface area contributed by atoms with Gasteiger partial charge in [0.25, 0.3) is 0 Å². The fraction of sp³-hybridized carbons (Fsp3) is 0.538. The Morgan fingerprint density at radius 2 is 2.21 bits per heavy atom. The van der Waals surface area contributed by atoms with Crippen LogP contribution in [0.5, 0.6) is 0 Å². The van der Waals surface area contributed by atoms with Crippen molar-refractivity contribution < 1.29 is 4.52 Å². The SMILES string of the molecule is CCc1nc([C@@H]2CCCN(c3ncccn3)C2)no1. The summed E-state index contributed by atoms with van der Waals surface area (Å²) in [5.74, 6) is 2.62. The third kappa shape index (κ3) is 2.57. The van der Waals surface area contributed by atoms with Crippen molar-refractivity contribution in [2.45, 2.75) is 32.1 Å². The van der Waals surface area contributed by atoms with Gasteiger partial charge in [0, 0.05) is 37.8 Å². The highest BCUT2D eigenvalue weighted by Gasteiger charge is 2.26. The molecule has 6 nitrogen and oxygen atoms in total. The van der Waals surface area contributed by atoms with Gasteiger partial charge in [-0.15, -0.1) is 0 Å². The summed E-state index contributed by atoms with van der Waals surface area (Å²) in [6.45, 7) is 3.86. The Kier molecular flexibility index (Phi) is 3.39. The fourth-order valence-corrected chi connectivity index (χ4v) is 2.40. The van der Waals surface area contributed by atoms with E-state index < -0.39 is 0 Å². The molecule has 1 aliphatic heterocycles. The van der Waals surface area contributed by atoms with Gasteiger partial charge in [0.15, 0.2) is 5.82 Å². The van der Waals surface area contributed by atoms with Crippen LogP contribution in [0.3, 0.4) is 0 Å². The van der Waals surface area contributed by atoms with Crippen LogP contribution in [0.1, 0.15) is 37.4 Å². The van der Waals surface area contributed by atoms with Crippen LogP contribution in [-0.4, -0.2) is 33.2 Å². The largest absolute Gasteiger partial charge is 0.340 e. The molecule has 3 rings (SSSR count). The highest BCUT2D eigenvalue weighted by atomic mass is 16.5. The van der Waals surface area contributed by atoms with Crippen LogP contribution in [0.25, 0.3) is 0 Å². The molecule has 100 valence electrons. The molecule has 0 spiro atoms. The van der Waals surface area contributed by atoms with Crippen LogP contribution in [-0.2, 0) is 6.42 Å². The lowest BCUT2D eigenvalue weighted by atomic mass is 9.98. The Hall–Kier alpha value is -1.98. The number of aromatic nitrogens is 4. The molecule has 6 heteroatoms. The quantitative estimate of drug-likeness (QED) is 0.837. The highest BCUT2D eigenvalue weighted by Crippen LogP contribution is 2.26. The van der Waals surface area contributed by atoms with Crippen molar-refractivity contribution in [2.24, 2.45) is 0 Å². The summed E-state index contributed by atoms with van der Waals surface area (Å²) in [6.07, 6.45) is 6.52. The van der Waals surface area contributed by atoms with Crippen LogP contribution in [0.15, 0.2) is 23.0 Å². The van der Waals surface area contributed by atoms with Crippen molar-refractivity contribution in [3.05, 3.63) is 30.2 Å². The van der Waals surface area contributed by atoms with Gasteiger partial charge in [0.1, 0.15) is 0 Å². The van der Waals surface area contributed by atoms with Gasteiger partial charge in [-0.05, 0) is 18.9 Å². The van der Waals surface area contributed by atoms with E-state index in [9.17, 15) is 0 Å². The smallest absolute Gasteiger partial charge is 0.226 e. The maximum Gasteiger partial charge on any atom is 0.226 e. The number of rotatable bonds is 3. The van der Waals surface area contributed by atoms with Crippen LogP contribution < -0.4 is 4.90 Å². The van der Waals surface area contributed by atoms with E-state index in [2.05, 4.69) is 25.0 Å². The first-order chi connectivity index (χ1) is 9.36. The van der Waals surface area contributed by atoms with Crippen molar-refractivity contribution >= 4 is 5.95 Å². The maximum absolute atomic E-state index is 5.20. The van der Waals surface area contributed by atoms with Crippen molar-refractivity contribution in [1.29, 1.82) is 0 Å². The Labute approximate surface area is 111 Å². The van der Waals surface area contributed by atoms with Gasteiger partial charge in [-0.1, -0.05) is 12.1 Å². The first-order valence-electron chi connectivity index (χ1n) is 6.71. The van der Waals surface area contributed by atoms with Crippen molar-refractivity contribution in [3.8, 4) is 0 Å². The van der Waals surface area contributed by atoms with E-state index in [0.29, 0.717) is 11.8 Å². The third-order valence-electron chi connectivity index (χ3n) is 3.41. The third-order valence-corrected chi connectivity index (χ3v) is 3.41. The zero-order valence-corrected chi connectivity index (χ0v) is 11.0. The first kappa shape index (κ1) is 12.1. The van der Waals surface area contributed by atoms with Gasteiger partial charge in [0.2, 0.25) is 11.8 Å². The van der Waals surface area contributed by atoms with Crippen molar-refractivity contribution in [2.75, 3.05) is 18.0 Å². The highest BCUT2D eigenvalue weighted by molar-refractivity contribution is 5.30. The molecule has 0 N–H and O–H groups in total. The van der Waals surface area contributed by atoms with Crippen LogP contribution >= 0.6 is 0 Å². The van der Waals surface area contributed by atoms with E-state index in [-0.39, 0.29) is 0 Å². The number of hydrogen-bond acceptors (Lipinski definition) is 6. The van der Waals surface area contributed by atoms with Gasteiger partial charge in [-0.3, -0.25) is 0 Å². The predicted octanol–water partition coefficient (Wildman–Crippen LogP) is 1.81. The predicted molar refractivity (Wildman–Crippen MR) is 69.9 cm³/mol. The minimum absolute atomic E-state index is 0.307. The number of piperidine rings is 1. The number of hydrogen-bond donors (Lipinski definition) is 0. The van der Waals surface area contributed by atoms with Crippen molar-refractivity contribution in [1.82, 2.24) is 20.1 Å². The van der Waals surface area contributed by atoms with E-state index in [1.807, 2.05) is 13.0 Å². The molecule has 1 fully saturated rings. The lowest BCUT2D eigenvalue weighted by Crippen LogP contribution is -2.35. The monoisotopic (exact) mass is 259 g/mol. The Bertz CT molecular complexity index is 527. The normalized spacial score (nSPS) is 19.6. The summed E-state index contributed by atoms with van der Waals surface area (Å²) in [5.41, 5.74) is 0. The first-order valence-corrected chi connectivity index (χ1v) is 6.71. The number of aryl methyl sites for hydroxylation is 1. The number of nitrogens with zero attached hydrogens (tertiary/aromatic N) is 5. The van der Waals surface area contributed by atoms with Crippen LogP contribution in [0.4, 0.5) is 5.95 Å². The number of anilines is 1. The van der Waals surface area contributed by atoms with E-state index in [0.717, 1.165) is 44.1 Å². The summed E-state index contributed by atoms with van der Waals surface area (Å²) in [6, 6.07) is 1.83. The maximum atomic E-state index is 5.20. The van der Waals surface area contributed by atoms with Crippen molar-refractivity contribution in [3.63, 3.8) is 0 Å². The van der Waals surface area contributed by atoms with Gasteiger partial charge in [-0.25, -0.2) is 9.97 Å². The summed E-state index contributed by atoms with van der Waals surface area (Å²) >= 11 is 0. The van der Waals surface area contributed by atoms with Gasteiger partial charge >= 0.3 is 0 Å². The summed E-state index contributed by atoms with van der Waals surface area (Å²) in [5, 5.41) is 4.09. The summed E-state index contributed by atoms with van der Waals surface area (Å²) in [7, 11) is 0. The summed E-state index contributed by atoms with van der Waals surface area (Å²) < 4.78 is 5.20. The van der Waals surface area contributed by atoms with Crippen LogP contribution in [0.2, 0.25) is 0 Å². The molecule has 1 atom stereocenters. The molecule has 2 aromatic heterocycles. The molecule has 0 saturated carbocycles. The topological polar surface area (TPSA) is 67.9 Å². The van der Waals surface area contributed by atoms with E-state index in [4.69, 9.17) is 4.52 Å². The average molecular weight is 259 g/mol. The molecule has 0 amide bonds. The molecule has 0 radical (unpaired) electrons. The molecule has 1 aliphatic rings. The molecule has 0 aliphatic carbocycles. The second kappa shape index (κ2) is 5.34. The second-order valence-corrected chi connectivity index (χ2v) is 4.73. The lowest BCUT2D eigenvalue weighted by molar-refractivity contribution is 0.367. The molecule has 0 aromatic carbocycles. The average Bonchev–Trinajstić information content (AvgIpc) is 2.97. The molecule has 2 aromatic rings. The lowest BCUT2D eigenvalue weighted by Gasteiger charge is -2.31. The molecule has 19 heavy (non-hydrogen) atoms. The minimum Gasteiger partial charge on any atom is -0.340 e. The van der Waals surface area contributed by atoms with Gasteiger partial charge < -0.3 is 9.42 Å². The molecule has 1 saturated heterocycles. The van der Waals surface area contributed by atoms with Crippen LogP contribution in [0, 0.1) is 0 Å². The molecule has 3 heterocycles. The standard InChI is InChI=1S/C13H17N5O/c1-2-11-16-12(17-19-11)10-5-3-8-18(9-10)13-14-6-4-7-15-13/h4,6-7,10H,2-3,5,8-9H2,1H3/t10-/m1/s1. The molecule has 0 bridgehead atoms. The van der Waals surface area contributed by atoms with Gasteiger partial charge in [0.05, 0.1) is 0 Å². The van der Waals surface area contributed by atoms with E-state index in [1.165, 1.54) is 0 Å². The van der Waals surface area contributed by atoms with Gasteiger partial charge in [-0.2, -0.15) is 4.98 Å². The Balaban J connectivity index is 1.74. The molecular formula is C13H17N5O. The Morgan fingerprint density at radius 1 is 1.37 bits per heavy atom. The summed E-state index contributed by atoms with van der Waals surface area (Å²) in [4.78, 5) is 15.2. The molecule has 0 unspecified atom stereocenters. The zero-order chi connectivity index (χ0) is 13.1. The Morgan fingerprint density at radius 3 is 2.95 bits per heavy atom.